The van der Waals surface area contributed by atoms with Crippen LogP contribution in [0.2, 0.25) is 0 Å². The zero-order chi connectivity index (χ0) is 24.7. The van der Waals surface area contributed by atoms with E-state index in [0.717, 1.165) is 50.7 Å². The molecule has 0 aliphatic carbocycles. The number of rotatable bonds is 13. The molecule has 33 heavy (non-hydrogen) atoms. The van der Waals surface area contributed by atoms with Gasteiger partial charge in [-0.3, -0.25) is 0 Å². The summed E-state index contributed by atoms with van der Waals surface area (Å²) in [5.41, 5.74) is 3.94. The normalized spacial score (nSPS) is 13.7. The summed E-state index contributed by atoms with van der Waals surface area (Å²) in [6.07, 6.45) is 6.64. The van der Waals surface area contributed by atoms with E-state index in [-0.39, 0.29) is 22.5 Å². The zero-order valence-corrected chi connectivity index (χ0v) is 22.5. The first-order valence-electron chi connectivity index (χ1n) is 13.1. The van der Waals surface area contributed by atoms with Gasteiger partial charge in [-0.25, -0.2) is 0 Å². The van der Waals surface area contributed by atoms with E-state index in [1.165, 1.54) is 16.7 Å². The monoisotopic (exact) mass is 452 g/mol. The topological polar surface area (TPSA) is 29.5 Å². The Kier molecular flexibility index (Phi) is 9.61. The molecule has 2 heteroatoms. The fraction of sp³-hybridized carbons (Fsp3) is 0.613. The van der Waals surface area contributed by atoms with Crippen LogP contribution in [0.25, 0.3) is 0 Å². The Morgan fingerprint density at radius 3 is 1.67 bits per heavy atom. The van der Waals surface area contributed by atoms with Crippen molar-refractivity contribution in [1.29, 1.82) is 0 Å². The molecule has 0 saturated heterocycles. The molecule has 0 fully saturated rings. The van der Waals surface area contributed by atoms with E-state index in [4.69, 9.17) is 4.74 Å². The summed E-state index contributed by atoms with van der Waals surface area (Å²) in [6.45, 7) is 17.8. The van der Waals surface area contributed by atoms with E-state index in [9.17, 15) is 5.11 Å². The summed E-state index contributed by atoms with van der Waals surface area (Å²) < 4.78 is 6.26. The van der Waals surface area contributed by atoms with Crippen LogP contribution in [-0.2, 0) is 11.8 Å². The maximum atomic E-state index is 10.6. The molecule has 2 nitrogen and oxygen atoms in total. The first kappa shape index (κ1) is 27.4. The number of aliphatic hydroxyl groups excluding tert-OH is 1. The minimum absolute atomic E-state index is 0.0839. The van der Waals surface area contributed by atoms with Gasteiger partial charge in [0.2, 0.25) is 0 Å². The van der Waals surface area contributed by atoms with Gasteiger partial charge in [-0.2, -0.15) is 0 Å². The molecular weight excluding hydrogens is 404 g/mol. The van der Waals surface area contributed by atoms with E-state index in [1.54, 1.807) is 0 Å². The average molecular weight is 453 g/mol. The molecule has 0 amide bonds. The summed E-state index contributed by atoms with van der Waals surface area (Å²) >= 11 is 0. The van der Waals surface area contributed by atoms with Crippen molar-refractivity contribution >= 4 is 0 Å². The quantitative estimate of drug-likeness (QED) is 0.330. The van der Waals surface area contributed by atoms with Gasteiger partial charge in [-0.1, -0.05) is 97.7 Å². The lowest BCUT2D eigenvalue weighted by atomic mass is 9.77. The van der Waals surface area contributed by atoms with Crippen LogP contribution in [0.4, 0.5) is 0 Å². The molecule has 1 atom stereocenters. The Morgan fingerprint density at radius 1 is 0.727 bits per heavy atom. The lowest BCUT2D eigenvalue weighted by Crippen LogP contribution is -2.30. The highest BCUT2D eigenvalue weighted by Crippen LogP contribution is 2.34. The molecule has 0 aliphatic rings. The van der Waals surface area contributed by atoms with E-state index < -0.39 is 0 Å². The molecule has 1 unspecified atom stereocenters. The largest absolute Gasteiger partial charge is 0.488 e. The Morgan fingerprint density at radius 2 is 1.21 bits per heavy atom. The number of hydrogen-bond donors (Lipinski definition) is 1. The van der Waals surface area contributed by atoms with Crippen molar-refractivity contribution in [3.05, 3.63) is 65.2 Å². The molecule has 0 saturated carbocycles. The third-order valence-electron chi connectivity index (χ3n) is 8.31. The number of hydrogen-bond acceptors (Lipinski definition) is 2. The van der Waals surface area contributed by atoms with Crippen LogP contribution in [0.5, 0.6) is 5.75 Å². The van der Waals surface area contributed by atoms with Crippen molar-refractivity contribution in [2.24, 2.45) is 5.41 Å². The van der Waals surface area contributed by atoms with Gasteiger partial charge >= 0.3 is 0 Å². The SMILES string of the molecule is CCC(C)(CC)CC(O)CCc1ccc(C(C)(C)c2ccc(OC(C)(CC)CC)cc2)cc1. The third-order valence-corrected chi connectivity index (χ3v) is 8.31. The van der Waals surface area contributed by atoms with Crippen LogP contribution >= 0.6 is 0 Å². The molecule has 1 N–H and O–H groups in total. The molecule has 184 valence electrons. The van der Waals surface area contributed by atoms with Crippen LogP contribution < -0.4 is 4.74 Å². The molecule has 0 bridgehead atoms. The van der Waals surface area contributed by atoms with Gasteiger partial charge in [0.1, 0.15) is 11.4 Å². The standard InChI is InChI=1S/C31H48O2/c1-9-30(7,10-2)23-27(32)20-15-24-13-16-25(17-14-24)29(5,6)26-18-21-28(22-19-26)33-31(8,11-3)12-4/h13-14,16-19,21-22,27,32H,9-12,15,20,23H2,1-8H3. The maximum absolute atomic E-state index is 10.6. The predicted octanol–water partition coefficient (Wildman–Crippen LogP) is 8.48. The van der Waals surface area contributed by atoms with E-state index in [2.05, 4.69) is 104 Å². The van der Waals surface area contributed by atoms with Crippen molar-refractivity contribution in [2.45, 2.75) is 117 Å². The molecule has 0 aromatic heterocycles. The maximum Gasteiger partial charge on any atom is 0.120 e. The van der Waals surface area contributed by atoms with E-state index in [1.807, 2.05) is 0 Å². The molecule has 2 aromatic carbocycles. The van der Waals surface area contributed by atoms with Crippen LogP contribution in [0.1, 0.15) is 111 Å². The highest BCUT2D eigenvalue weighted by atomic mass is 16.5. The van der Waals surface area contributed by atoms with Gasteiger partial charge < -0.3 is 9.84 Å². The lowest BCUT2D eigenvalue weighted by Gasteiger charge is -2.30. The second-order valence-electron chi connectivity index (χ2n) is 11.0. The summed E-state index contributed by atoms with van der Waals surface area (Å²) in [7, 11) is 0. The van der Waals surface area contributed by atoms with Crippen molar-refractivity contribution in [3.8, 4) is 5.75 Å². The molecule has 0 spiro atoms. The fourth-order valence-corrected chi connectivity index (χ4v) is 4.42. The molecule has 0 aliphatic heterocycles. The van der Waals surface area contributed by atoms with Crippen molar-refractivity contribution in [3.63, 3.8) is 0 Å². The molecule has 2 rings (SSSR count). The third kappa shape index (κ3) is 7.34. The van der Waals surface area contributed by atoms with Crippen molar-refractivity contribution in [1.82, 2.24) is 0 Å². The predicted molar refractivity (Wildman–Crippen MR) is 142 cm³/mol. The molecule has 0 heterocycles. The van der Waals surface area contributed by atoms with Crippen molar-refractivity contribution in [2.75, 3.05) is 0 Å². The van der Waals surface area contributed by atoms with Gasteiger partial charge in [0, 0.05) is 5.41 Å². The highest BCUT2D eigenvalue weighted by Gasteiger charge is 2.26. The summed E-state index contributed by atoms with van der Waals surface area (Å²) in [4.78, 5) is 0. The van der Waals surface area contributed by atoms with Crippen LogP contribution in [0.15, 0.2) is 48.5 Å². The number of aliphatic hydroxyl groups is 1. The van der Waals surface area contributed by atoms with E-state index in [0.29, 0.717) is 0 Å². The van der Waals surface area contributed by atoms with Crippen LogP contribution in [0.3, 0.4) is 0 Å². The Balaban J connectivity index is 2.02. The second-order valence-corrected chi connectivity index (χ2v) is 11.0. The van der Waals surface area contributed by atoms with Crippen LogP contribution in [-0.4, -0.2) is 16.8 Å². The van der Waals surface area contributed by atoms with Gasteiger partial charge in [-0.05, 0) is 73.3 Å². The van der Waals surface area contributed by atoms with Crippen LogP contribution in [0, 0.1) is 5.41 Å². The Bertz CT molecular complexity index is 824. The fourth-order valence-electron chi connectivity index (χ4n) is 4.42. The van der Waals surface area contributed by atoms with Gasteiger partial charge in [0.25, 0.3) is 0 Å². The van der Waals surface area contributed by atoms with E-state index >= 15 is 0 Å². The average Bonchev–Trinajstić information content (AvgIpc) is 2.83. The minimum Gasteiger partial charge on any atom is -0.488 e. The minimum atomic E-state index is -0.228. The Hall–Kier alpha value is -1.80. The van der Waals surface area contributed by atoms with Gasteiger partial charge in [0.05, 0.1) is 6.10 Å². The number of aryl methyl sites for hydroxylation is 1. The van der Waals surface area contributed by atoms with Gasteiger partial charge in [-0.15, -0.1) is 0 Å². The lowest BCUT2D eigenvalue weighted by molar-refractivity contribution is 0.0802. The summed E-state index contributed by atoms with van der Waals surface area (Å²) in [5.74, 6) is 0.942. The molecular formula is C31H48O2. The summed E-state index contributed by atoms with van der Waals surface area (Å²) in [5, 5.41) is 10.6. The van der Waals surface area contributed by atoms with Gasteiger partial charge in [0.15, 0.2) is 0 Å². The summed E-state index contributed by atoms with van der Waals surface area (Å²) in [6, 6.07) is 17.6. The smallest absolute Gasteiger partial charge is 0.120 e. The number of benzene rings is 2. The second kappa shape index (κ2) is 11.6. The Labute approximate surface area is 203 Å². The van der Waals surface area contributed by atoms with Crippen molar-refractivity contribution < 1.29 is 9.84 Å². The molecule has 0 radical (unpaired) electrons. The highest BCUT2D eigenvalue weighted by molar-refractivity contribution is 5.41. The first-order valence-corrected chi connectivity index (χ1v) is 13.1. The first-order chi connectivity index (χ1) is 15.5. The molecule has 2 aromatic rings. The number of ether oxygens (including phenoxy) is 1. The zero-order valence-electron chi connectivity index (χ0n) is 22.5.